The number of benzene rings is 2. The highest BCUT2D eigenvalue weighted by Gasteiger charge is 2.35. The van der Waals surface area contributed by atoms with Gasteiger partial charge in [0.1, 0.15) is 21.3 Å². The number of ether oxygens (including phenoxy) is 2. The molecular weight excluding hydrogens is 512 g/mol. The predicted molar refractivity (Wildman–Crippen MR) is 146 cm³/mol. The van der Waals surface area contributed by atoms with Crippen LogP contribution >= 0.6 is 0 Å². The SMILES string of the molecule is COc1cc(C)c(C(C)C)cc1S(=O)(=O)N1CCCN(S(=O)(=O)c2cc(C(C)C)c(C)cc2OC)CC1. The van der Waals surface area contributed by atoms with Crippen LogP contribution in [0.5, 0.6) is 11.5 Å². The van der Waals surface area contributed by atoms with E-state index in [1.807, 2.05) is 41.5 Å². The molecule has 2 aromatic rings. The lowest BCUT2D eigenvalue weighted by molar-refractivity contribution is 0.383. The lowest BCUT2D eigenvalue weighted by atomic mass is 9.98. The molecule has 2 aromatic carbocycles. The van der Waals surface area contributed by atoms with Crippen molar-refractivity contribution in [3.8, 4) is 11.5 Å². The summed E-state index contributed by atoms with van der Waals surface area (Å²) in [5.41, 5.74) is 3.80. The van der Waals surface area contributed by atoms with Gasteiger partial charge in [-0.3, -0.25) is 0 Å². The summed E-state index contributed by atoms with van der Waals surface area (Å²) in [6.45, 7) is 12.5. The number of nitrogens with zero attached hydrogens (tertiary/aromatic N) is 2. The standard InChI is InChI=1S/C27H40N2O6S2/c1-18(2)22-16-26(24(34-7)14-20(22)5)36(30,31)28-10-9-11-29(13-12-28)37(32,33)27-17-23(19(3)4)21(6)15-25(27)35-8/h14-19H,9-13H2,1-8H3. The van der Waals surface area contributed by atoms with Gasteiger partial charge in [-0.15, -0.1) is 0 Å². The second kappa shape index (κ2) is 11.3. The number of aryl methyl sites for hydroxylation is 2. The molecule has 1 heterocycles. The topological polar surface area (TPSA) is 93.2 Å². The molecule has 1 aliphatic rings. The van der Waals surface area contributed by atoms with Crippen molar-refractivity contribution >= 4 is 20.0 Å². The number of rotatable bonds is 8. The first-order valence-electron chi connectivity index (χ1n) is 12.6. The second-order valence-corrected chi connectivity index (χ2v) is 14.0. The van der Waals surface area contributed by atoms with Gasteiger partial charge in [-0.05, 0) is 78.6 Å². The Bertz CT molecular complexity index is 1250. The highest BCUT2D eigenvalue weighted by molar-refractivity contribution is 7.89. The highest BCUT2D eigenvalue weighted by atomic mass is 32.2. The van der Waals surface area contributed by atoms with Crippen molar-refractivity contribution in [3.05, 3.63) is 46.5 Å². The minimum Gasteiger partial charge on any atom is -0.495 e. The minimum atomic E-state index is -3.91. The quantitative estimate of drug-likeness (QED) is 0.473. The summed E-state index contributed by atoms with van der Waals surface area (Å²) >= 11 is 0. The number of hydrogen-bond donors (Lipinski definition) is 0. The van der Waals surface area contributed by atoms with Gasteiger partial charge in [-0.2, -0.15) is 8.61 Å². The van der Waals surface area contributed by atoms with Crippen LogP contribution in [0.25, 0.3) is 0 Å². The molecule has 206 valence electrons. The highest BCUT2D eigenvalue weighted by Crippen LogP contribution is 2.35. The molecule has 0 spiro atoms. The average molecular weight is 553 g/mol. The monoisotopic (exact) mass is 552 g/mol. The van der Waals surface area contributed by atoms with E-state index in [1.54, 1.807) is 24.3 Å². The van der Waals surface area contributed by atoms with Crippen LogP contribution in [0.15, 0.2) is 34.1 Å². The van der Waals surface area contributed by atoms with Gasteiger partial charge in [0.2, 0.25) is 20.0 Å². The first-order valence-corrected chi connectivity index (χ1v) is 15.5. The molecule has 0 N–H and O–H groups in total. The van der Waals surface area contributed by atoms with Crippen molar-refractivity contribution < 1.29 is 26.3 Å². The second-order valence-electron chi connectivity index (χ2n) is 10.2. The summed E-state index contributed by atoms with van der Waals surface area (Å²) in [6, 6.07) is 6.90. The Morgan fingerprint density at radius 3 is 1.30 bits per heavy atom. The van der Waals surface area contributed by atoms with Crippen LogP contribution in [0, 0.1) is 13.8 Å². The van der Waals surface area contributed by atoms with Crippen LogP contribution in [-0.4, -0.2) is 65.8 Å². The molecule has 1 saturated heterocycles. The van der Waals surface area contributed by atoms with Crippen molar-refractivity contribution in [1.29, 1.82) is 0 Å². The summed E-state index contributed by atoms with van der Waals surface area (Å²) in [6.07, 6.45) is 0.370. The molecule has 0 saturated carbocycles. The Morgan fingerprint density at radius 2 is 1.00 bits per heavy atom. The molecule has 0 aromatic heterocycles. The number of hydrogen-bond acceptors (Lipinski definition) is 6. The maximum Gasteiger partial charge on any atom is 0.246 e. The Balaban J connectivity index is 1.95. The van der Waals surface area contributed by atoms with Gasteiger partial charge in [0, 0.05) is 26.2 Å². The first kappa shape index (κ1) is 29.4. The normalized spacial score (nSPS) is 16.3. The predicted octanol–water partition coefficient (Wildman–Crippen LogP) is 4.65. The van der Waals surface area contributed by atoms with Crippen LogP contribution < -0.4 is 9.47 Å². The zero-order valence-corrected chi connectivity index (χ0v) is 24.8. The van der Waals surface area contributed by atoms with Gasteiger partial charge in [-0.25, -0.2) is 16.8 Å². The molecule has 0 aliphatic carbocycles. The maximum absolute atomic E-state index is 13.7. The zero-order chi connectivity index (χ0) is 27.7. The first-order chi connectivity index (χ1) is 17.2. The van der Waals surface area contributed by atoms with E-state index in [4.69, 9.17) is 9.47 Å². The van der Waals surface area contributed by atoms with Crippen LogP contribution in [-0.2, 0) is 20.0 Å². The van der Waals surface area contributed by atoms with Crippen molar-refractivity contribution in [3.63, 3.8) is 0 Å². The Hall–Kier alpha value is -2.14. The van der Waals surface area contributed by atoms with Crippen molar-refractivity contribution in [2.75, 3.05) is 40.4 Å². The molecule has 0 bridgehead atoms. The molecule has 8 nitrogen and oxygen atoms in total. The summed E-state index contributed by atoms with van der Waals surface area (Å²) < 4.78 is 68.6. The number of sulfonamides is 2. The molecule has 0 unspecified atom stereocenters. The van der Waals surface area contributed by atoms with E-state index in [0.29, 0.717) is 17.9 Å². The van der Waals surface area contributed by atoms with E-state index in [2.05, 4.69) is 0 Å². The van der Waals surface area contributed by atoms with Crippen molar-refractivity contribution in [1.82, 2.24) is 8.61 Å². The smallest absolute Gasteiger partial charge is 0.246 e. The van der Waals surface area contributed by atoms with Crippen molar-refractivity contribution in [2.45, 2.75) is 69.6 Å². The molecule has 37 heavy (non-hydrogen) atoms. The molecule has 1 fully saturated rings. The van der Waals surface area contributed by atoms with Gasteiger partial charge in [-0.1, -0.05) is 27.7 Å². The minimum absolute atomic E-state index is 0.0425. The molecule has 0 radical (unpaired) electrons. The molecule has 3 rings (SSSR count). The van der Waals surface area contributed by atoms with Crippen LogP contribution in [0.2, 0.25) is 0 Å². The fourth-order valence-electron chi connectivity index (χ4n) is 4.95. The van der Waals surface area contributed by atoms with Crippen molar-refractivity contribution in [2.24, 2.45) is 0 Å². The van der Waals surface area contributed by atoms with E-state index in [-0.39, 0.29) is 47.8 Å². The van der Waals surface area contributed by atoms with Gasteiger partial charge in [0.05, 0.1) is 14.2 Å². The third-order valence-electron chi connectivity index (χ3n) is 7.00. The van der Waals surface area contributed by atoms with Gasteiger partial charge >= 0.3 is 0 Å². The maximum atomic E-state index is 13.7. The summed E-state index contributed by atoms with van der Waals surface area (Å²) in [5.74, 6) is 0.872. The largest absolute Gasteiger partial charge is 0.495 e. The Labute approximate surface area is 222 Å². The van der Waals surface area contributed by atoms with Crippen LogP contribution in [0.4, 0.5) is 0 Å². The van der Waals surface area contributed by atoms with Crippen LogP contribution in [0.3, 0.4) is 0 Å². The van der Waals surface area contributed by atoms with E-state index < -0.39 is 20.0 Å². The fraction of sp³-hybridized carbons (Fsp3) is 0.556. The third-order valence-corrected chi connectivity index (χ3v) is 10.8. The molecule has 0 amide bonds. The van der Waals surface area contributed by atoms with E-state index in [9.17, 15) is 16.8 Å². The van der Waals surface area contributed by atoms with E-state index >= 15 is 0 Å². The van der Waals surface area contributed by atoms with Crippen LogP contribution in [0.1, 0.15) is 68.2 Å². The average Bonchev–Trinajstić information content (AvgIpc) is 3.10. The zero-order valence-electron chi connectivity index (χ0n) is 23.2. The Kier molecular flexibility index (Phi) is 8.99. The fourth-order valence-corrected chi connectivity index (χ4v) is 8.23. The summed E-state index contributed by atoms with van der Waals surface area (Å²) in [4.78, 5) is 0.227. The van der Waals surface area contributed by atoms with E-state index in [1.165, 1.54) is 22.8 Å². The molecule has 1 aliphatic heterocycles. The summed E-state index contributed by atoms with van der Waals surface area (Å²) in [7, 11) is -4.90. The molecular formula is C27H40N2O6S2. The molecule has 10 heteroatoms. The van der Waals surface area contributed by atoms with Gasteiger partial charge in [0.15, 0.2) is 0 Å². The third kappa shape index (κ3) is 5.82. The summed E-state index contributed by atoms with van der Waals surface area (Å²) in [5, 5.41) is 0. The van der Waals surface area contributed by atoms with Gasteiger partial charge < -0.3 is 9.47 Å². The lowest BCUT2D eigenvalue weighted by Crippen LogP contribution is -2.37. The Morgan fingerprint density at radius 1 is 0.649 bits per heavy atom. The molecule has 0 atom stereocenters. The lowest BCUT2D eigenvalue weighted by Gasteiger charge is -2.24. The van der Waals surface area contributed by atoms with Gasteiger partial charge in [0.25, 0.3) is 0 Å². The number of methoxy groups -OCH3 is 2. The van der Waals surface area contributed by atoms with E-state index in [0.717, 1.165) is 22.3 Å².